The van der Waals surface area contributed by atoms with Crippen molar-refractivity contribution in [1.29, 1.82) is 0 Å². The third-order valence-corrected chi connectivity index (χ3v) is 4.25. The average molecular weight is 305 g/mol. The van der Waals surface area contributed by atoms with Crippen LogP contribution in [0.1, 0.15) is 41.1 Å². The first kappa shape index (κ1) is 12.0. The summed E-state index contributed by atoms with van der Waals surface area (Å²) < 4.78 is 2.19. The Morgan fingerprint density at radius 1 is 1.28 bits per heavy atom. The monoisotopic (exact) mass is 304 g/mol. The molecule has 1 aromatic heterocycles. The normalized spacial score (nSPS) is 15.0. The molecular weight excluding hydrogens is 288 g/mol. The maximum atomic E-state index is 4.57. The Labute approximate surface area is 116 Å². The van der Waals surface area contributed by atoms with Crippen molar-refractivity contribution in [3.8, 4) is 0 Å². The Balaban J connectivity index is 1.93. The second-order valence-electron chi connectivity index (χ2n) is 5.05. The van der Waals surface area contributed by atoms with Crippen molar-refractivity contribution in [2.45, 2.75) is 37.6 Å². The SMILES string of the molecule is Cc1ccccc1Cn1ncc(CBr)c1C1CC1. The number of hydrogen-bond acceptors (Lipinski definition) is 1. The molecule has 2 aromatic rings. The van der Waals surface area contributed by atoms with Gasteiger partial charge in [0, 0.05) is 22.5 Å². The lowest BCUT2D eigenvalue weighted by molar-refractivity contribution is 0.643. The van der Waals surface area contributed by atoms with Crippen molar-refractivity contribution in [2.24, 2.45) is 0 Å². The van der Waals surface area contributed by atoms with Gasteiger partial charge in [0.25, 0.3) is 0 Å². The number of rotatable bonds is 4. The number of hydrogen-bond donors (Lipinski definition) is 0. The molecule has 0 N–H and O–H groups in total. The van der Waals surface area contributed by atoms with Crippen LogP contribution in [0.5, 0.6) is 0 Å². The molecule has 0 atom stereocenters. The van der Waals surface area contributed by atoms with Gasteiger partial charge in [-0.25, -0.2) is 0 Å². The molecule has 2 nitrogen and oxygen atoms in total. The average Bonchev–Trinajstić information content (AvgIpc) is 3.14. The molecule has 0 unspecified atom stereocenters. The smallest absolute Gasteiger partial charge is 0.0665 e. The Hall–Kier alpha value is -1.09. The maximum absolute atomic E-state index is 4.57. The van der Waals surface area contributed by atoms with Crippen molar-refractivity contribution >= 4 is 15.9 Å². The molecule has 0 aliphatic heterocycles. The number of nitrogens with zero attached hydrogens (tertiary/aromatic N) is 2. The van der Waals surface area contributed by atoms with Gasteiger partial charge in [-0.3, -0.25) is 4.68 Å². The first-order valence-electron chi connectivity index (χ1n) is 6.44. The molecule has 0 spiro atoms. The van der Waals surface area contributed by atoms with Crippen LogP contribution in [0.2, 0.25) is 0 Å². The van der Waals surface area contributed by atoms with Gasteiger partial charge in [-0.1, -0.05) is 40.2 Å². The van der Waals surface area contributed by atoms with E-state index in [0.29, 0.717) is 0 Å². The van der Waals surface area contributed by atoms with Gasteiger partial charge in [-0.2, -0.15) is 5.10 Å². The molecule has 94 valence electrons. The van der Waals surface area contributed by atoms with Gasteiger partial charge < -0.3 is 0 Å². The van der Waals surface area contributed by atoms with Crippen LogP contribution >= 0.6 is 15.9 Å². The number of benzene rings is 1. The van der Waals surface area contributed by atoms with Crippen molar-refractivity contribution in [3.63, 3.8) is 0 Å². The van der Waals surface area contributed by atoms with Gasteiger partial charge in [0.05, 0.1) is 12.7 Å². The van der Waals surface area contributed by atoms with E-state index in [-0.39, 0.29) is 0 Å². The third-order valence-electron chi connectivity index (χ3n) is 3.65. The summed E-state index contributed by atoms with van der Waals surface area (Å²) in [5.41, 5.74) is 5.50. The van der Waals surface area contributed by atoms with E-state index in [1.54, 1.807) is 0 Å². The molecule has 0 bridgehead atoms. The lowest BCUT2D eigenvalue weighted by atomic mass is 10.1. The topological polar surface area (TPSA) is 17.8 Å². The Bertz CT molecular complexity index is 555. The predicted molar refractivity (Wildman–Crippen MR) is 77.1 cm³/mol. The van der Waals surface area contributed by atoms with Crippen LogP contribution in [0.15, 0.2) is 30.5 Å². The molecule has 18 heavy (non-hydrogen) atoms. The van der Waals surface area contributed by atoms with Crippen LogP contribution in [0.3, 0.4) is 0 Å². The van der Waals surface area contributed by atoms with Crippen molar-refractivity contribution in [3.05, 3.63) is 52.8 Å². The third kappa shape index (κ3) is 2.24. The summed E-state index contributed by atoms with van der Waals surface area (Å²) in [5.74, 6) is 0.740. The highest BCUT2D eigenvalue weighted by atomic mass is 79.9. The molecule has 1 aromatic carbocycles. The van der Waals surface area contributed by atoms with Crippen LogP contribution in [0, 0.1) is 6.92 Å². The van der Waals surface area contributed by atoms with E-state index in [1.165, 1.54) is 35.2 Å². The van der Waals surface area contributed by atoms with E-state index >= 15 is 0 Å². The maximum Gasteiger partial charge on any atom is 0.0665 e. The number of aromatic nitrogens is 2. The van der Waals surface area contributed by atoms with Gasteiger partial charge in [0.1, 0.15) is 0 Å². The number of alkyl halides is 1. The zero-order chi connectivity index (χ0) is 12.5. The highest BCUT2D eigenvalue weighted by Crippen LogP contribution is 2.42. The molecule has 1 aliphatic rings. The van der Waals surface area contributed by atoms with Gasteiger partial charge in [-0.15, -0.1) is 0 Å². The van der Waals surface area contributed by atoms with Crippen LogP contribution in [-0.4, -0.2) is 9.78 Å². The summed E-state index contributed by atoms with van der Waals surface area (Å²) in [6.45, 7) is 3.06. The fourth-order valence-corrected chi connectivity index (χ4v) is 2.87. The highest BCUT2D eigenvalue weighted by molar-refractivity contribution is 9.08. The molecule has 0 radical (unpaired) electrons. The molecule has 1 heterocycles. The molecule has 3 rings (SSSR count). The van der Waals surface area contributed by atoms with E-state index in [2.05, 4.69) is 56.9 Å². The predicted octanol–water partition coefficient (Wildman–Crippen LogP) is 4.01. The molecule has 1 saturated carbocycles. The van der Waals surface area contributed by atoms with Gasteiger partial charge >= 0.3 is 0 Å². The highest BCUT2D eigenvalue weighted by Gasteiger charge is 2.29. The fourth-order valence-electron chi connectivity index (χ4n) is 2.44. The summed E-state index contributed by atoms with van der Waals surface area (Å²) in [6, 6.07) is 8.56. The second kappa shape index (κ2) is 4.88. The number of halogens is 1. The largest absolute Gasteiger partial charge is 0.265 e. The Morgan fingerprint density at radius 2 is 2.06 bits per heavy atom. The molecule has 1 fully saturated rings. The standard InChI is InChI=1S/C15H17BrN2/c1-11-4-2-3-5-13(11)10-18-15(12-6-7-12)14(8-16)9-17-18/h2-5,9,12H,6-8,10H2,1H3. The van der Waals surface area contributed by atoms with E-state index in [9.17, 15) is 0 Å². The Kier molecular flexibility index (Phi) is 3.25. The first-order valence-corrected chi connectivity index (χ1v) is 7.57. The summed E-state index contributed by atoms with van der Waals surface area (Å²) in [5, 5.41) is 5.48. The van der Waals surface area contributed by atoms with E-state index < -0.39 is 0 Å². The van der Waals surface area contributed by atoms with Crippen molar-refractivity contribution < 1.29 is 0 Å². The molecule has 1 aliphatic carbocycles. The van der Waals surface area contributed by atoms with Crippen LogP contribution in [0.25, 0.3) is 0 Å². The quantitative estimate of drug-likeness (QED) is 0.780. The molecular formula is C15H17BrN2. The minimum atomic E-state index is 0.740. The minimum absolute atomic E-state index is 0.740. The van der Waals surface area contributed by atoms with E-state index in [4.69, 9.17) is 0 Å². The van der Waals surface area contributed by atoms with E-state index in [0.717, 1.165) is 17.8 Å². The lowest BCUT2D eigenvalue weighted by Crippen LogP contribution is -2.07. The van der Waals surface area contributed by atoms with E-state index in [1.807, 2.05) is 6.20 Å². The summed E-state index contributed by atoms with van der Waals surface area (Å²) >= 11 is 3.56. The number of aryl methyl sites for hydroxylation is 1. The minimum Gasteiger partial charge on any atom is -0.265 e. The lowest BCUT2D eigenvalue weighted by Gasteiger charge is -2.10. The summed E-state index contributed by atoms with van der Waals surface area (Å²) in [7, 11) is 0. The molecule has 3 heteroatoms. The van der Waals surface area contributed by atoms with Gasteiger partial charge in [0.15, 0.2) is 0 Å². The van der Waals surface area contributed by atoms with Gasteiger partial charge in [-0.05, 0) is 30.9 Å². The molecule has 0 amide bonds. The second-order valence-corrected chi connectivity index (χ2v) is 5.61. The summed E-state index contributed by atoms with van der Waals surface area (Å²) in [6.07, 6.45) is 4.65. The van der Waals surface area contributed by atoms with Crippen LogP contribution in [-0.2, 0) is 11.9 Å². The zero-order valence-electron chi connectivity index (χ0n) is 10.6. The van der Waals surface area contributed by atoms with Crippen molar-refractivity contribution in [1.82, 2.24) is 9.78 Å². The first-order chi connectivity index (χ1) is 8.79. The fraction of sp³-hybridized carbons (Fsp3) is 0.400. The van der Waals surface area contributed by atoms with Gasteiger partial charge in [0.2, 0.25) is 0 Å². The molecule has 0 saturated heterocycles. The summed E-state index contributed by atoms with van der Waals surface area (Å²) in [4.78, 5) is 0. The van der Waals surface area contributed by atoms with Crippen LogP contribution < -0.4 is 0 Å². The van der Waals surface area contributed by atoms with Crippen molar-refractivity contribution in [2.75, 3.05) is 0 Å². The Morgan fingerprint density at radius 3 is 2.72 bits per heavy atom. The zero-order valence-corrected chi connectivity index (χ0v) is 12.2. The van der Waals surface area contributed by atoms with Crippen LogP contribution in [0.4, 0.5) is 0 Å².